The lowest BCUT2D eigenvalue weighted by Gasteiger charge is -2.11. The molecule has 0 spiro atoms. The van der Waals surface area contributed by atoms with Gasteiger partial charge in [-0.25, -0.2) is 14.4 Å². The van der Waals surface area contributed by atoms with E-state index in [4.69, 9.17) is 14.2 Å². The van der Waals surface area contributed by atoms with E-state index >= 15 is 0 Å². The second-order valence-electron chi connectivity index (χ2n) is 5.01. The highest BCUT2D eigenvalue weighted by Crippen LogP contribution is 2.20. The highest BCUT2D eigenvalue weighted by molar-refractivity contribution is 5.93. The molecule has 0 amide bonds. The molecule has 2 aromatic rings. The Morgan fingerprint density at radius 2 is 1.50 bits per heavy atom. The number of hydrogen-bond donors (Lipinski definition) is 0. The molecule has 136 valence electrons. The van der Waals surface area contributed by atoms with Crippen LogP contribution in [0.25, 0.3) is 0 Å². The zero-order valence-electron chi connectivity index (χ0n) is 14.4. The van der Waals surface area contributed by atoms with Crippen molar-refractivity contribution in [2.24, 2.45) is 0 Å². The van der Waals surface area contributed by atoms with E-state index < -0.39 is 18.1 Å². The Hall–Kier alpha value is -3.35. The van der Waals surface area contributed by atoms with Crippen molar-refractivity contribution in [2.75, 3.05) is 13.7 Å². The van der Waals surface area contributed by atoms with Crippen molar-refractivity contribution in [2.45, 2.75) is 13.5 Å². The van der Waals surface area contributed by atoms with E-state index in [0.29, 0.717) is 11.1 Å². The summed E-state index contributed by atoms with van der Waals surface area (Å²) in [5.74, 6) is -1.12. The molecule has 2 rings (SSSR count). The quantitative estimate of drug-likeness (QED) is 0.444. The Morgan fingerprint density at radius 3 is 2.19 bits per heavy atom. The second kappa shape index (κ2) is 9.22. The summed E-state index contributed by atoms with van der Waals surface area (Å²) >= 11 is 0. The molecule has 0 fully saturated rings. The molecule has 0 heterocycles. The number of carbonyl (C=O) groups is 3. The minimum atomic E-state index is -1.01. The third-order valence-corrected chi connectivity index (χ3v) is 3.34. The number of methoxy groups -OCH3 is 1. The van der Waals surface area contributed by atoms with Crippen molar-refractivity contribution < 1.29 is 33.3 Å². The molecule has 0 saturated heterocycles. The second-order valence-corrected chi connectivity index (χ2v) is 5.01. The third-order valence-electron chi connectivity index (χ3n) is 3.34. The lowest BCUT2D eigenvalue weighted by molar-refractivity contribution is 0.0514. The summed E-state index contributed by atoms with van der Waals surface area (Å²) in [6.45, 7) is 1.75. The average molecular weight is 358 g/mol. The average Bonchev–Trinajstić information content (AvgIpc) is 2.66. The lowest BCUT2D eigenvalue weighted by atomic mass is 10.1. The van der Waals surface area contributed by atoms with Crippen molar-refractivity contribution in [1.82, 2.24) is 0 Å². The van der Waals surface area contributed by atoms with Crippen molar-refractivity contribution in [3.05, 3.63) is 65.2 Å². The molecular weight excluding hydrogens is 340 g/mol. The van der Waals surface area contributed by atoms with Gasteiger partial charge in [0.25, 0.3) is 0 Å². The number of ether oxygens (including phenoxy) is 4. The fraction of sp³-hybridized carbons (Fsp3) is 0.211. The van der Waals surface area contributed by atoms with Crippen LogP contribution in [0.1, 0.15) is 33.2 Å². The summed E-state index contributed by atoms with van der Waals surface area (Å²) in [4.78, 5) is 35.5. The molecule has 7 nitrogen and oxygen atoms in total. The fourth-order valence-corrected chi connectivity index (χ4v) is 2.14. The van der Waals surface area contributed by atoms with Gasteiger partial charge < -0.3 is 18.9 Å². The molecule has 0 saturated carbocycles. The third kappa shape index (κ3) is 4.83. The van der Waals surface area contributed by atoms with Crippen LogP contribution in [-0.4, -0.2) is 31.8 Å². The van der Waals surface area contributed by atoms with E-state index in [1.54, 1.807) is 43.3 Å². The Morgan fingerprint density at radius 1 is 0.846 bits per heavy atom. The maximum absolute atomic E-state index is 11.9. The van der Waals surface area contributed by atoms with Crippen LogP contribution >= 0.6 is 0 Å². The molecule has 26 heavy (non-hydrogen) atoms. The number of rotatable bonds is 6. The number of benzene rings is 2. The van der Waals surface area contributed by atoms with Crippen LogP contribution in [0, 0.1) is 0 Å². The Bertz CT molecular complexity index is 798. The normalized spacial score (nSPS) is 9.92. The molecule has 0 unspecified atom stereocenters. The first kappa shape index (κ1) is 19.0. The smallest absolute Gasteiger partial charge is 0.465 e. The highest BCUT2D eigenvalue weighted by Gasteiger charge is 2.17. The van der Waals surface area contributed by atoms with E-state index in [-0.39, 0.29) is 24.5 Å². The lowest BCUT2D eigenvalue weighted by Crippen LogP contribution is -2.15. The predicted molar refractivity (Wildman–Crippen MR) is 91.0 cm³/mol. The molecule has 0 aliphatic heterocycles. The monoisotopic (exact) mass is 358 g/mol. The summed E-state index contributed by atoms with van der Waals surface area (Å²) < 4.78 is 19.7. The summed E-state index contributed by atoms with van der Waals surface area (Å²) in [5.41, 5.74) is 0.875. The van der Waals surface area contributed by atoms with Crippen LogP contribution in [0.5, 0.6) is 5.75 Å². The fourth-order valence-electron chi connectivity index (χ4n) is 2.14. The molecule has 0 aliphatic carbocycles. The van der Waals surface area contributed by atoms with Crippen molar-refractivity contribution >= 4 is 18.1 Å². The van der Waals surface area contributed by atoms with Gasteiger partial charge in [-0.3, -0.25) is 0 Å². The zero-order chi connectivity index (χ0) is 18.9. The van der Waals surface area contributed by atoms with Crippen LogP contribution < -0.4 is 4.74 Å². The van der Waals surface area contributed by atoms with Gasteiger partial charge in [0.05, 0.1) is 19.3 Å². The maximum atomic E-state index is 11.9. The maximum Gasteiger partial charge on any atom is 0.514 e. The van der Waals surface area contributed by atoms with Crippen LogP contribution in [-0.2, 0) is 20.8 Å². The Labute approximate surface area is 150 Å². The van der Waals surface area contributed by atoms with Crippen LogP contribution in [0.3, 0.4) is 0 Å². The van der Waals surface area contributed by atoms with Crippen molar-refractivity contribution in [1.29, 1.82) is 0 Å². The molecule has 0 aliphatic rings. The van der Waals surface area contributed by atoms with Crippen LogP contribution in [0.15, 0.2) is 48.5 Å². The molecule has 0 aromatic heterocycles. The first-order chi connectivity index (χ1) is 12.6. The number of esters is 2. The Kier molecular flexibility index (Phi) is 6.73. The standard InChI is InChI=1S/C19H18O7/c1-3-24-18(21)14-9-5-4-8-13(14)12-25-19(22)26-16-11-7-6-10-15(16)17(20)23-2/h4-11H,3,12H2,1-2H3. The van der Waals surface area contributed by atoms with Gasteiger partial charge in [-0.05, 0) is 25.1 Å². The van der Waals surface area contributed by atoms with Crippen LogP contribution in [0.4, 0.5) is 4.79 Å². The summed E-state index contributed by atoms with van der Waals surface area (Å²) in [5, 5.41) is 0. The van der Waals surface area contributed by atoms with E-state index in [0.717, 1.165) is 0 Å². The summed E-state index contributed by atoms with van der Waals surface area (Å²) in [6.07, 6.45) is -1.01. The van der Waals surface area contributed by atoms with Gasteiger partial charge in [-0.15, -0.1) is 0 Å². The summed E-state index contributed by atoms with van der Waals surface area (Å²) in [7, 11) is 1.23. The van der Waals surface area contributed by atoms with E-state index in [1.165, 1.54) is 19.2 Å². The molecule has 0 radical (unpaired) electrons. The molecule has 0 N–H and O–H groups in total. The largest absolute Gasteiger partial charge is 0.514 e. The SMILES string of the molecule is CCOC(=O)c1ccccc1COC(=O)Oc1ccccc1C(=O)OC. The van der Waals surface area contributed by atoms with Gasteiger partial charge in [-0.1, -0.05) is 30.3 Å². The van der Waals surface area contributed by atoms with Gasteiger partial charge >= 0.3 is 18.1 Å². The minimum Gasteiger partial charge on any atom is -0.465 e. The van der Waals surface area contributed by atoms with Gasteiger partial charge in [0.2, 0.25) is 0 Å². The molecule has 0 bridgehead atoms. The molecule has 7 heteroatoms. The topological polar surface area (TPSA) is 88.1 Å². The summed E-state index contributed by atoms with van der Waals surface area (Å²) in [6, 6.07) is 12.7. The first-order valence-electron chi connectivity index (χ1n) is 7.83. The van der Waals surface area contributed by atoms with Gasteiger partial charge in [-0.2, -0.15) is 0 Å². The first-order valence-corrected chi connectivity index (χ1v) is 7.83. The minimum absolute atomic E-state index is 0.0167. The van der Waals surface area contributed by atoms with E-state index in [1.807, 2.05) is 0 Å². The molecular formula is C19H18O7. The van der Waals surface area contributed by atoms with Gasteiger partial charge in [0, 0.05) is 5.56 Å². The molecule has 2 aromatic carbocycles. The predicted octanol–water partition coefficient (Wildman–Crippen LogP) is 3.37. The number of carbonyl (C=O) groups excluding carboxylic acids is 3. The van der Waals surface area contributed by atoms with Gasteiger partial charge in [0.1, 0.15) is 17.9 Å². The van der Waals surface area contributed by atoms with Crippen molar-refractivity contribution in [3.63, 3.8) is 0 Å². The Balaban J connectivity index is 2.05. The van der Waals surface area contributed by atoms with E-state index in [9.17, 15) is 14.4 Å². The number of para-hydroxylation sites is 1. The van der Waals surface area contributed by atoms with Gasteiger partial charge in [0.15, 0.2) is 0 Å². The zero-order valence-corrected chi connectivity index (χ0v) is 14.4. The molecule has 0 atom stereocenters. The van der Waals surface area contributed by atoms with Crippen LogP contribution in [0.2, 0.25) is 0 Å². The van der Waals surface area contributed by atoms with Crippen molar-refractivity contribution in [3.8, 4) is 5.75 Å². The number of hydrogen-bond acceptors (Lipinski definition) is 7. The van der Waals surface area contributed by atoms with E-state index in [2.05, 4.69) is 4.74 Å². The highest BCUT2D eigenvalue weighted by atomic mass is 16.7.